The van der Waals surface area contributed by atoms with Crippen LogP contribution < -0.4 is 5.32 Å². The smallest absolute Gasteiger partial charge is 0.359 e. The molecule has 0 unspecified atom stereocenters. The van der Waals surface area contributed by atoms with Crippen LogP contribution in [0.5, 0.6) is 0 Å². The van der Waals surface area contributed by atoms with Crippen molar-refractivity contribution >= 4 is 14.0 Å². The van der Waals surface area contributed by atoms with E-state index < -0.39 is 13.7 Å². The molecule has 1 aromatic rings. The Morgan fingerprint density at radius 1 is 1.33 bits per heavy atom. The summed E-state index contributed by atoms with van der Waals surface area (Å²) < 4.78 is 13.1. The van der Waals surface area contributed by atoms with Crippen molar-refractivity contribution in [3.05, 3.63) is 17.0 Å². The Hall–Kier alpha value is -1.18. The SMILES string of the molecule is CC(C)(C)OC(=O)c1nn(COCC[Si](C)(C)C)c2c1CNCC2. The van der Waals surface area contributed by atoms with Crippen LogP contribution in [0.25, 0.3) is 0 Å². The number of rotatable bonds is 6. The Kier molecular flexibility index (Phi) is 5.88. The molecule has 0 saturated carbocycles. The molecule has 0 atom stereocenters. The number of fused-ring (bicyclic) bond motifs is 1. The van der Waals surface area contributed by atoms with Gasteiger partial charge in [-0.25, -0.2) is 9.48 Å². The van der Waals surface area contributed by atoms with Gasteiger partial charge in [-0.1, -0.05) is 19.6 Å². The van der Waals surface area contributed by atoms with Crippen molar-refractivity contribution in [3.63, 3.8) is 0 Å². The number of carbonyl (C=O) groups excluding carboxylic acids is 1. The third-order valence-electron chi connectivity index (χ3n) is 3.81. The van der Waals surface area contributed by atoms with Crippen molar-refractivity contribution in [1.82, 2.24) is 15.1 Å². The zero-order valence-electron chi connectivity index (χ0n) is 15.9. The van der Waals surface area contributed by atoms with E-state index in [4.69, 9.17) is 9.47 Å². The summed E-state index contributed by atoms with van der Waals surface area (Å²) in [7, 11) is -1.10. The van der Waals surface area contributed by atoms with Gasteiger partial charge in [-0.2, -0.15) is 5.10 Å². The van der Waals surface area contributed by atoms with E-state index in [0.29, 0.717) is 19.0 Å². The molecule has 2 rings (SSSR count). The Labute approximate surface area is 145 Å². The van der Waals surface area contributed by atoms with Crippen molar-refractivity contribution in [2.75, 3.05) is 13.2 Å². The van der Waals surface area contributed by atoms with Gasteiger partial charge in [-0.15, -0.1) is 0 Å². The average Bonchev–Trinajstić information content (AvgIpc) is 2.80. The van der Waals surface area contributed by atoms with Gasteiger partial charge in [0.15, 0.2) is 5.69 Å². The number of carbonyl (C=O) groups is 1. The highest BCUT2D eigenvalue weighted by Gasteiger charge is 2.28. The topological polar surface area (TPSA) is 65.4 Å². The minimum absolute atomic E-state index is 0.358. The first kappa shape index (κ1) is 19.1. The summed E-state index contributed by atoms with van der Waals surface area (Å²) in [5.41, 5.74) is 1.93. The fourth-order valence-corrected chi connectivity index (χ4v) is 3.30. The number of ether oxygens (including phenoxy) is 2. The minimum Gasteiger partial charge on any atom is -0.455 e. The lowest BCUT2D eigenvalue weighted by molar-refractivity contribution is 0.00584. The molecule has 0 radical (unpaired) electrons. The summed E-state index contributed by atoms with van der Waals surface area (Å²) in [6.07, 6.45) is 0.850. The fourth-order valence-electron chi connectivity index (χ4n) is 2.55. The highest BCUT2D eigenvalue weighted by Crippen LogP contribution is 2.21. The van der Waals surface area contributed by atoms with Crippen molar-refractivity contribution < 1.29 is 14.3 Å². The maximum absolute atomic E-state index is 12.4. The summed E-state index contributed by atoms with van der Waals surface area (Å²) in [6.45, 7) is 15.3. The van der Waals surface area contributed by atoms with E-state index in [2.05, 4.69) is 30.1 Å². The first-order valence-electron chi connectivity index (χ1n) is 8.67. The Morgan fingerprint density at radius 2 is 2.04 bits per heavy atom. The lowest BCUT2D eigenvalue weighted by Gasteiger charge is -2.19. The van der Waals surface area contributed by atoms with E-state index in [1.165, 1.54) is 0 Å². The molecular formula is C17H31N3O3Si. The molecule has 1 aliphatic heterocycles. The number of esters is 1. The molecule has 1 aromatic heterocycles. The van der Waals surface area contributed by atoms with E-state index in [0.717, 1.165) is 36.9 Å². The third-order valence-corrected chi connectivity index (χ3v) is 5.51. The van der Waals surface area contributed by atoms with Gasteiger partial charge >= 0.3 is 5.97 Å². The van der Waals surface area contributed by atoms with Gasteiger partial charge < -0.3 is 14.8 Å². The number of hydrogen-bond acceptors (Lipinski definition) is 5. The van der Waals surface area contributed by atoms with E-state index >= 15 is 0 Å². The number of hydrogen-bond donors (Lipinski definition) is 1. The van der Waals surface area contributed by atoms with Crippen LogP contribution >= 0.6 is 0 Å². The summed E-state index contributed by atoms with van der Waals surface area (Å²) in [5.74, 6) is -0.358. The second kappa shape index (κ2) is 7.37. The fraction of sp³-hybridized carbons (Fsp3) is 0.765. The second-order valence-electron chi connectivity index (χ2n) is 8.55. The van der Waals surface area contributed by atoms with Gasteiger partial charge in [0.2, 0.25) is 0 Å². The van der Waals surface area contributed by atoms with Crippen LogP contribution in [0.3, 0.4) is 0 Å². The van der Waals surface area contributed by atoms with Crippen LogP contribution in [0, 0.1) is 0 Å². The molecule has 0 bridgehead atoms. The zero-order chi connectivity index (χ0) is 18.0. The predicted molar refractivity (Wildman–Crippen MR) is 96.9 cm³/mol. The number of nitrogens with one attached hydrogen (secondary N) is 1. The van der Waals surface area contributed by atoms with Crippen molar-refractivity contribution in [2.24, 2.45) is 0 Å². The molecule has 0 amide bonds. The molecule has 0 spiro atoms. The Morgan fingerprint density at radius 3 is 2.67 bits per heavy atom. The zero-order valence-corrected chi connectivity index (χ0v) is 16.9. The molecule has 136 valence electrons. The normalized spacial score (nSPS) is 15.2. The minimum atomic E-state index is -1.10. The first-order chi connectivity index (χ1) is 11.1. The summed E-state index contributed by atoms with van der Waals surface area (Å²) in [5, 5.41) is 7.80. The second-order valence-corrected chi connectivity index (χ2v) is 14.2. The summed E-state index contributed by atoms with van der Waals surface area (Å²) in [4.78, 5) is 12.4. The van der Waals surface area contributed by atoms with Crippen molar-refractivity contribution in [3.8, 4) is 0 Å². The molecule has 2 heterocycles. The summed E-state index contributed by atoms with van der Waals surface area (Å²) in [6, 6.07) is 1.12. The molecule has 1 aliphatic rings. The van der Waals surface area contributed by atoms with Crippen molar-refractivity contribution in [2.45, 2.75) is 71.8 Å². The monoisotopic (exact) mass is 353 g/mol. The quantitative estimate of drug-likeness (QED) is 0.484. The maximum Gasteiger partial charge on any atom is 0.359 e. The molecule has 24 heavy (non-hydrogen) atoms. The van der Waals surface area contributed by atoms with Crippen LogP contribution in [0.2, 0.25) is 25.7 Å². The first-order valence-corrected chi connectivity index (χ1v) is 12.4. The summed E-state index contributed by atoms with van der Waals surface area (Å²) >= 11 is 0. The van der Waals surface area contributed by atoms with Crippen molar-refractivity contribution in [1.29, 1.82) is 0 Å². The van der Waals surface area contributed by atoms with Gasteiger partial charge in [0.1, 0.15) is 12.3 Å². The van der Waals surface area contributed by atoms with Crippen LogP contribution in [0.15, 0.2) is 0 Å². The molecule has 1 N–H and O–H groups in total. The van der Waals surface area contributed by atoms with Gasteiger partial charge in [0.25, 0.3) is 0 Å². The number of nitrogens with zero attached hydrogens (tertiary/aromatic N) is 2. The predicted octanol–water partition coefficient (Wildman–Crippen LogP) is 2.80. The molecule has 0 aliphatic carbocycles. The maximum atomic E-state index is 12.4. The van der Waals surface area contributed by atoms with Crippen LogP contribution in [0.1, 0.15) is 42.5 Å². The largest absolute Gasteiger partial charge is 0.455 e. The molecular weight excluding hydrogens is 322 g/mol. The third kappa shape index (κ3) is 5.43. The highest BCUT2D eigenvalue weighted by atomic mass is 28.3. The van der Waals surface area contributed by atoms with E-state index in [1.807, 2.05) is 25.5 Å². The van der Waals surface area contributed by atoms with Gasteiger partial charge in [0.05, 0.1) is 0 Å². The molecule has 6 nitrogen and oxygen atoms in total. The number of aromatic nitrogens is 2. The van der Waals surface area contributed by atoms with Gasteiger partial charge in [-0.3, -0.25) is 0 Å². The Balaban J connectivity index is 2.10. The van der Waals surface area contributed by atoms with E-state index in [1.54, 1.807) is 0 Å². The lowest BCUT2D eigenvalue weighted by atomic mass is 10.1. The Bertz CT molecular complexity index is 585. The molecule has 0 aromatic carbocycles. The molecule has 0 fully saturated rings. The van der Waals surface area contributed by atoms with Crippen LogP contribution in [0.4, 0.5) is 0 Å². The van der Waals surface area contributed by atoms with Crippen LogP contribution in [-0.4, -0.2) is 42.6 Å². The van der Waals surface area contributed by atoms with Gasteiger partial charge in [0, 0.05) is 45.4 Å². The van der Waals surface area contributed by atoms with Gasteiger partial charge in [-0.05, 0) is 26.8 Å². The van der Waals surface area contributed by atoms with E-state index in [9.17, 15) is 4.79 Å². The lowest BCUT2D eigenvalue weighted by Crippen LogP contribution is -2.28. The standard InChI is InChI=1S/C17H31N3O3Si/c1-17(2,3)23-16(21)15-13-11-18-8-7-14(13)20(19-15)12-22-9-10-24(4,5)6/h18H,7-12H2,1-6H3. The molecule has 7 heteroatoms. The van der Waals surface area contributed by atoms with Crippen LogP contribution in [-0.2, 0) is 29.2 Å². The van der Waals surface area contributed by atoms with E-state index in [-0.39, 0.29) is 5.97 Å². The highest BCUT2D eigenvalue weighted by molar-refractivity contribution is 6.76. The average molecular weight is 354 g/mol. The molecule has 0 saturated heterocycles.